The van der Waals surface area contributed by atoms with E-state index in [-0.39, 0.29) is 25.3 Å². The summed E-state index contributed by atoms with van der Waals surface area (Å²) in [7, 11) is 0. The molecule has 1 atom stereocenters. The van der Waals surface area contributed by atoms with Crippen molar-refractivity contribution in [3.8, 4) is 5.75 Å². The summed E-state index contributed by atoms with van der Waals surface area (Å²) in [5.41, 5.74) is 0. The highest BCUT2D eigenvalue weighted by molar-refractivity contribution is 6.30. The van der Waals surface area contributed by atoms with Gasteiger partial charge < -0.3 is 19.5 Å². The average molecular weight is 400 g/mol. The maximum absolute atomic E-state index is 11.8. The van der Waals surface area contributed by atoms with Crippen molar-refractivity contribution in [3.05, 3.63) is 29.3 Å². The second kappa shape index (κ2) is 12.2. The van der Waals surface area contributed by atoms with Crippen LogP contribution in [0.1, 0.15) is 46.5 Å². The van der Waals surface area contributed by atoms with Crippen molar-refractivity contribution in [2.75, 3.05) is 6.54 Å². The lowest BCUT2D eigenvalue weighted by Crippen LogP contribution is -2.35. The van der Waals surface area contributed by atoms with Crippen LogP contribution in [0.5, 0.6) is 5.75 Å². The Morgan fingerprint density at radius 1 is 1.04 bits per heavy atom. The zero-order chi connectivity index (χ0) is 20.2. The molecule has 0 saturated carbocycles. The topological polar surface area (TPSA) is 90.9 Å². The first-order valence-corrected chi connectivity index (χ1v) is 9.29. The molecule has 1 N–H and O–H groups in total. The lowest BCUT2D eigenvalue weighted by molar-refractivity contribution is -0.175. The van der Waals surface area contributed by atoms with Gasteiger partial charge >= 0.3 is 18.0 Å². The van der Waals surface area contributed by atoms with Crippen LogP contribution in [0.2, 0.25) is 5.02 Å². The first-order chi connectivity index (χ1) is 12.8. The number of nitrogens with one attached hydrogen (secondary N) is 1. The molecule has 8 heteroatoms. The van der Waals surface area contributed by atoms with Crippen LogP contribution in [0.15, 0.2) is 24.3 Å². The Hall–Kier alpha value is -2.28. The molecule has 1 amide bonds. The average Bonchev–Trinajstić information content (AvgIpc) is 2.60. The van der Waals surface area contributed by atoms with Gasteiger partial charge in [-0.05, 0) is 37.1 Å². The van der Waals surface area contributed by atoms with Crippen LogP contribution in [-0.4, -0.2) is 30.9 Å². The molecule has 0 aromatic heterocycles. The van der Waals surface area contributed by atoms with Crippen molar-refractivity contribution < 1.29 is 28.6 Å². The molecule has 0 aliphatic carbocycles. The number of alkyl carbamates (subject to hydrolysis) is 1. The van der Waals surface area contributed by atoms with Crippen molar-refractivity contribution in [2.24, 2.45) is 5.92 Å². The summed E-state index contributed by atoms with van der Waals surface area (Å²) >= 11 is 5.76. The van der Waals surface area contributed by atoms with Gasteiger partial charge in [-0.25, -0.2) is 4.79 Å². The van der Waals surface area contributed by atoms with Crippen LogP contribution < -0.4 is 10.1 Å². The fourth-order valence-electron chi connectivity index (χ4n) is 1.94. The number of hydrogen-bond donors (Lipinski definition) is 1. The number of carbonyl (C=O) groups excluding carboxylic acids is 3. The van der Waals surface area contributed by atoms with Crippen LogP contribution >= 0.6 is 11.6 Å². The molecule has 0 heterocycles. The van der Waals surface area contributed by atoms with E-state index in [1.807, 2.05) is 6.92 Å². The van der Waals surface area contributed by atoms with E-state index < -0.39 is 24.3 Å². The van der Waals surface area contributed by atoms with Crippen molar-refractivity contribution >= 4 is 29.6 Å². The summed E-state index contributed by atoms with van der Waals surface area (Å²) in [6, 6.07) is 6.45. The van der Waals surface area contributed by atoms with Gasteiger partial charge in [0.25, 0.3) is 6.29 Å². The fourth-order valence-corrected chi connectivity index (χ4v) is 2.07. The minimum absolute atomic E-state index is 0.127. The van der Waals surface area contributed by atoms with Crippen molar-refractivity contribution in [2.45, 2.75) is 52.7 Å². The smallest absolute Gasteiger partial charge is 0.410 e. The summed E-state index contributed by atoms with van der Waals surface area (Å²) < 4.78 is 15.4. The lowest BCUT2D eigenvalue weighted by Gasteiger charge is -2.21. The SMILES string of the molecule is CCCC(=O)OC(OC(=O)NCCCC(=O)Oc1ccc(Cl)cc1)C(C)C. The normalized spacial score (nSPS) is 11.6. The Morgan fingerprint density at radius 3 is 2.30 bits per heavy atom. The highest BCUT2D eigenvalue weighted by Crippen LogP contribution is 2.16. The highest BCUT2D eigenvalue weighted by atomic mass is 35.5. The van der Waals surface area contributed by atoms with Crippen molar-refractivity contribution in [1.29, 1.82) is 0 Å². The number of rotatable bonds is 10. The predicted molar refractivity (Wildman–Crippen MR) is 100 cm³/mol. The summed E-state index contributed by atoms with van der Waals surface area (Å²) in [5.74, 6) is -0.591. The van der Waals surface area contributed by atoms with Gasteiger partial charge in [-0.3, -0.25) is 9.59 Å². The van der Waals surface area contributed by atoms with Gasteiger partial charge in [-0.1, -0.05) is 32.4 Å². The van der Waals surface area contributed by atoms with Crippen molar-refractivity contribution in [3.63, 3.8) is 0 Å². The number of hydrogen-bond acceptors (Lipinski definition) is 6. The minimum Gasteiger partial charge on any atom is -0.427 e. The third kappa shape index (κ3) is 9.84. The van der Waals surface area contributed by atoms with Crippen molar-refractivity contribution in [1.82, 2.24) is 5.32 Å². The van der Waals surface area contributed by atoms with E-state index in [2.05, 4.69) is 5.32 Å². The van der Waals surface area contributed by atoms with Crippen LogP contribution in [-0.2, 0) is 19.1 Å². The van der Waals surface area contributed by atoms with E-state index in [0.717, 1.165) is 0 Å². The molecule has 1 aromatic carbocycles. The van der Waals surface area contributed by atoms with Gasteiger partial charge in [0.15, 0.2) is 0 Å². The standard InChI is InChI=1S/C19H26ClNO6/c1-4-6-16(22)26-18(13(2)3)27-19(24)21-12-5-7-17(23)25-15-10-8-14(20)9-11-15/h8-11,13,18H,4-7,12H2,1-3H3,(H,21,24). The molecular weight excluding hydrogens is 374 g/mol. The molecule has 27 heavy (non-hydrogen) atoms. The van der Waals surface area contributed by atoms with Gasteiger partial charge in [0.2, 0.25) is 0 Å². The largest absolute Gasteiger partial charge is 0.427 e. The van der Waals surface area contributed by atoms with Gasteiger partial charge in [0, 0.05) is 30.3 Å². The van der Waals surface area contributed by atoms with Crippen LogP contribution in [0.25, 0.3) is 0 Å². The molecule has 150 valence electrons. The first kappa shape index (κ1) is 22.8. The number of ether oxygens (including phenoxy) is 3. The number of esters is 2. The summed E-state index contributed by atoms with van der Waals surface area (Å²) in [6.45, 7) is 5.65. The van der Waals surface area contributed by atoms with Gasteiger partial charge in [-0.2, -0.15) is 0 Å². The molecule has 1 rings (SSSR count). The summed E-state index contributed by atoms with van der Waals surface area (Å²) in [4.78, 5) is 35.1. The molecule has 0 aliphatic heterocycles. The number of carbonyl (C=O) groups is 3. The Morgan fingerprint density at radius 2 is 1.70 bits per heavy atom. The Kier molecular flexibility index (Phi) is 10.3. The minimum atomic E-state index is -0.945. The van der Waals surface area contributed by atoms with Crippen LogP contribution in [0.3, 0.4) is 0 Å². The monoisotopic (exact) mass is 399 g/mol. The number of halogens is 1. The van der Waals surface area contributed by atoms with Crippen LogP contribution in [0.4, 0.5) is 4.79 Å². The molecule has 1 aromatic rings. The molecule has 0 saturated heterocycles. The first-order valence-electron chi connectivity index (χ1n) is 8.92. The number of amides is 1. The second-order valence-corrected chi connectivity index (χ2v) is 6.65. The molecular formula is C19H26ClNO6. The zero-order valence-corrected chi connectivity index (χ0v) is 16.6. The predicted octanol–water partition coefficient (Wildman–Crippen LogP) is 4.08. The van der Waals surface area contributed by atoms with E-state index in [9.17, 15) is 14.4 Å². The lowest BCUT2D eigenvalue weighted by atomic mass is 10.2. The molecule has 0 radical (unpaired) electrons. The maximum Gasteiger partial charge on any atom is 0.410 e. The molecule has 0 spiro atoms. The maximum atomic E-state index is 11.8. The third-order valence-corrected chi connectivity index (χ3v) is 3.59. The Labute approximate surface area is 164 Å². The molecule has 1 unspecified atom stereocenters. The van der Waals surface area contributed by atoms with E-state index in [1.165, 1.54) is 0 Å². The summed E-state index contributed by atoms with van der Waals surface area (Å²) in [5, 5.41) is 3.08. The van der Waals surface area contributed by atoms with Crippen LogP contribution in [0, 0.1) is 5.92 Å². The molecule has 0 aliphatic rings. The quantitative estimate of drug-likeness (QED) is 0.276. The van der Waals surface area contributed by atoms with E-state index in [0.29, 0.717) is 23.6 Å². The molecule has 0 bridgehead atoms. The Balaban J connectivity index is 2.27. The Bertz CT molecular complexity index is 617. The van der Waals surface area contributed by atoms with Gasteiger partial charge in [0.05, 0.1) is 0 Å². The number of benzene rings is 1. The molecule has 7 nitrogen and oxygen atoms in total. The fraction of sp³-hybridized carbons (Fsp3) is 0.526. The molecule has 0 fully saturated rings. The van der Waals surface area contributed by atoms with E-state index in [4.69, 9.17) is 25.8 Å². The van der Waals surface area contributed by atoms with E-state index in [1.54, 1.807) is 38.1 Å². The third-order valence-electron chi connectivity index (χ3n) is 3.34. The second-order valence-electron chi connectivity index (χ2n) is 6.22. The van der Waals surface area contributed by atoms with Gasteiger partial charge in [0.1, 0.15) is 5.75 Å². The highest BCUT2D eigenvalue weighted by Gasteiger charge is 2.22. The zero-order valence-electron chi connectivity index (χ0n) is 15.8. The van der Waals surface area contributed by atoms with E-state index >= 15 is 0 Å². The van der Waals surface area contributed by atoms with Gasteiger partial charge in [-0.15, -0.1) is 0 Å². The summed E-state index contributed by atoms with van der Waals surface area (Å²) in [6.07, 6.45) is -0.222.